The van der Waals surface area contributed by atoms with E-state index in [1.807, 2.05) is 91.7 Å². The van der Waals surface area contributed by atoms with Gasteiger partial charge in [-0.05, 0) is 128 Å². The molecule has 0 unspecified atom stereocenters. The van der Waals surface area contributed by atoms with E-state index in [0.29, 0.717) is 73.2 Å². The van der Waals surface area contributed by atoms with Crippen molar-refractivity contribution in [1.82, 2.24) is 40.2 Å². The number of ether oxygens (including phenoxy) is 10. The van der Waals surface area contributed by atoms with Crippen molar-refractivity contribution in [3.05, 3.63) is 296 Å². The maximum Gasteiger partial charge on any atom is 0.329 e. The Balaban J connectivity index is 0.000000158. The van der Waals surface area contributed by atoms with Gasteiger partial charge in [-0.3, -0.25) is 19.2 Å². The molecular formula is C94H89BrCl2N12O26S6. The van der Waals surface area contributed by atoms with E-state index < -0.39 is 112 Å². The number of carbonyl (C=O) groups excluding carboxylic acids is 8. The Bertz CT molecular complexity index is 7060. The van der Waals surface area contributed by atoms with E-state index in [2.05, 4.69) is 37.2 Å². The van der Waals surface area contributed by atoms with Crippen LogP contribution in [0.1, 0.15) is 22.3 Å². The molecule has 0 radical (unpaired) electrons. The molecule has 0 saturated carbocycles. The number of fused-ring (bicyclic) bond motifs is 4. The molecule has 2 aromatic heterocycles. The van der Waals surface area contributed by atoms with Crippen molar-refractivity contribution in [2.24, 2.45) is 0 Å². The Morgan fingerprint density at radius 1 is 0.348 bits per heavy atom. The Morgan fingerprint density at radius 2 is 0.652 bits per heavy atom. The third kappa shape index (κ3) is 27.3. The average molecular weight is 2150 g/mol. The highest BCUT2D eigenvalue weighted by molar-refractivity contribution is 9.10. The third-order valence-electron chi connectivity index (χ3n) is 21.2. The van der Waals surface area contributed by atoms with Crippen LogP contribution in [0.15, 0.2) is 284 Å². The molecule has 6 heterocycles. The van der Waals surface area contributed by atoms with Crippen molar-refractivity contribution >= 4 is 172 Å². The van der Waals surface area contributed by atoms with Crippen LogP contribution in [0.4, 0.5) is 41.9 Å². The lowest BCUT2D eigenvalue weighted by Crippen LogP contribution is -2.52. The van der Waals surface area contributed by atoms with E-state index in [-0.39, 0.29) is 91.9 Å². The van der Waals surface area contributed by atoms with E-state index in [1.165, 1.54) is 64.2 Å². The van der Waals surface area contributed by atoms with E-state index in [4.69, 9.17) is 70.6 Å². The van der Waals surface area contributed by atoms with E-state index in [9.17, 15) is 72.0 Å². The molecular weight excluding hydrogens is 2060 g/mol. The van der Waals surface area contributed by atoms with Gasteiger partial charge < -0.3 is 88.2 Å². The second-order valence-corrected chi connectivity index (χ2v) is 41.5. The second-order valence-electron chi connectivity index (χ2n) is 30.6. The molecule has 38 nitrogen and oxygen atoms in total. The molecule has 141 heavy (non-hydrogen) atoms. The first-order valence-electron chi connectivity index (χ1n) is 42.1. The molecule has 4 atom stereocenters. The van der Waals surface area contributed by atoms with E-state index in [0.717, 1.165) is 51.0 Å². The van der Waals surface area contributed by atoms with Gasteiger partial charge >= 0.3 is 24.1 Å². The number of sulfonamides is 4. The number of benzene rings is 10. The van der Waals surface area contributed by atoms with Crippen LogP contribution in [-0.4, -0.2) is 175 Å². The van der Waals surface area contributed by atoms with Gasteiger partial charge in [0, 0.05) is 111 Å². The molecule has 10 aromatic carbocycles. The van der Waals surface area contributed by atoms with Gasteiger partial charge in [-0.25, -0.2) is 71.7 Å². The molecule has 8 N–H and O–H groups in total. The van der Waals surface area contributed by atoms with Crippen LogP contribution in [0.5, 0.6) is 57.5 Å². The summed E-state index contributed by atoms with van der Waals surface area (Å²) in [6, 6.07) is 62.3. The number of nitrogens with one attached hydrogen (secondary N) is 8. The molecule has 0 aliphatic carbocycles. The molecule has 0 bridgehead atoms. The first kappa shape index (κ1) is 104. The number of amides is 12. The number of hydrogen-bond donors (Lipinski definition) is 8. The molecule has 738 valence electrons. The summed E-state index contributed by atoms with van der Waals surface area (Å²) in [5.74, 6) is 2.74. The molecule has 12 amide bonds. The molecule has 47 heteroatoms. The second kappa shape index (κ2) is 46.9. The summed E-state index contributed by atoms with van der Waals surface area (Å²) in [7, 11) is -7.99. The maximum atomic E-state index is 13.5. The Kier molecular flexibility index (Phi) is 34.5. The van der Waals surface area contributed by atoms with E-state index >= 15 is 0 Å². The monoisotopic (exact) mass is 2140 g/mol. The zero-order valence-corrected chi connectivity index (χ0v) is 83.3. The van der Waals surface area contributed by atoms with Gasteiger partial charge in [0.05, 0.1) is 18.6 Å². The van der Waals surface area contributed by atoms with Crippen molar-refractivity contribution in [3.8, 4) is 57.5 Å². The molecule has 0 spiro atoms. The van der Waals surface area contributed by atoms with Crippen molar-refractivity contribution in [2.75, 3.05) is 89.2 Å². The highest BCUT2D eigenvalue weighted by Crippen LogP contribution is 2.41. The predicted octanol–water partition coefficient (Wildman–Crippen LogP) is 12.9. The van der Waals surface area contributed by atoms with Gasteiger partial charge in [0.25, 0.3) is 40.1 Å². The van der Waals surface area contributed by atoms with Crippen LogP contribution < -0.4 is 107 Å². The topological polar surface area (TPSA) is 475 Å². The highest BCUT2D eigenvalue weighted by atomic mass is 79.9. The maximum absolute atomic E-state index is 13.5. The summed E-state index contributed by atoms with van der Waals surface area (Å²) in [5, 5.41) is 11.6. The summed E-state index contributed by atoms with van der Waals surface area (Å²) in [6.45, 7) is 0.373. The fourth-order valence-electron chi connectivity index (χ4n) is 14.1. The number of urea groups is 4. The van der Waals surface area contributed by atoms with Gasteiger partial charge in [-0.1, -0.05) is 163 Å². The largest absolute Gasteiger partial charge is 0.497 e. The summed E-state index contributed by atoms with van der Waals surface area (Å²) in [4.78, 5) is 109. The number of halogens is 3. The molecule has 4 aliphatic heterocycles. The number of hydrogen-bond acceptors (Lipinski definition) is 28. The van der Waals surface area contributed by atoms with Gasteiger partial charge in [0.15, 0.2) is 46.0 Å². The number of rotatable bonds is 30. The van der Waals surface area contributed by atoms with Crippen molar-refractivity contribution < 1.29 is 119 Å². The minimum Gasteiger partial charge on any atom is -0.497 e. The van der Waals surface area contributed by atoms with Crippen LogP contribution in [0.3, 0.4) is 0 Å². The summed E-state index contributed by atoms with van der Waals surface area (Å²) in [5.41, 5.74) is 5.20. The highest BCUT2D eigenvalue weighted by Gasteiger charge is 2.36. The fourth-order valence-corrected chi connectivity index (χ4v) is 22.0. The van der Waals surface area contributed by atoms with E-state index in [1.54, 1.807) is 179 Å². The van der Waals surface area contributed by atoms with Gasteiger partial charge in [0.2, 0.25) is 50.8 Å². The Labute approximate surface area is 836 Å². The summed E-state index contributed by atoms with van der Waals surface area (Å²) in [6.07, 6.45) is 0.551. The molecule has 12 aromatic rings. The number of methoxy groups -OCH3 is 2. The number of thiophene rings is 2. The van der Waals surface area contributed by atoms with Crippen LogP contribution in [-0.2, 0) is 85.0 Å². The zero-order valence-electron chi connectivity index (χ0n) is 75.3. The van der Waals surface area contributed by atoms with Crippen LogP contribution in [0.2, 0.25) is 8.67 Å². The first-order chi connectivity index (χ1) is 67.4. The summed E-state index contributed by atoms with van der Waals surface area (Å²) < 4.78 is 163. The lowest BCUT2D eigenvalue weighted by Gasteiger charge is -2.25. The van der Waals surface area contributed by atoms with Gasteiger partial charge in [0.1, 0.15) is 58.9 Å². The van der Waals surface area contributed by atoms with Crippen LogP contribution in [0.25, 0.3) is 0 Å². The number of nitrogens with zero attached hydrogens (tertiary/aromatic N) is 4. The lowest BCUT2D eigenvalue weighted by molar-refractivity contribution is -0.120. The average Bonchev–Trinajstić information content (AvgIpc) is 1.71. The SMILES string of the molecule is CN(C(=O)[C@H](Cc1ccccc1)NC(=O)NS(=O)(=O)c1cc(Cl)sc1Cl)c1ccc2c(c1)OCO2.CN(C(=O)[C@H](Cc1ccccc1)NC(=O)NS(=O)(=O)c1ccccc1Br)c1ccc2c(c1)OCO2.CN(C(=O)[C@H](Cc1ccccc1)NC(=O)NS(=O)(=O)c1cccs1)c1ccc2c(c1)OCO2.COc1ccc(OC)c(S(=O)(=O)NC(=O)N[C@@H](Cc2ccccc2)C(=O)N(C)c2ccc3c(c2)OCO3)c1. The minimum absolute atomic E-state index is 0.000985. The Morgan fingerprint density at radius 3 is 0.950 bits per heavy atom. The van der Waals surface area contributed by atoms with Crippen molar-refractivity contribution in [3.63, 3.8) is 0 Å². The third-order valence-corrected chi connectivity index (χ3v) is 30.7. The predicted molar refractivity (Wildman–Crippen MR) is 527 cm³/mol. The number of anilines is 4. The molecule has 0 saturated heterocycles. The first-order valence-corrected chi connectivity index (χ1v) is 51.2. The van der Waals surface area contributed by atoms with Gasteiger partial charge in [-0.2, -0.15) is 0 Å². The number of likely N-dealkylation sites (N-methyl/N-ethyl adjacent to an activating group) is 4. The quantitative estimate of drug-likeness (QED) is 0.0207. The zero-order chi connectivity index (χ0) is 101. The smallest absolute Gasteiger partial charge is 0.329 e. The van der Waals surface area contributed by atoms with Gasteiger partial charge in [-0.15, -0.1) is 22.7 Å². The summed E-state index contributed by atoms with van der Waals surface area (Å²) >= 11 is 16.8. The minimum atomic E-state index is -4.38. The van der Waals surface area contributed by atoms with Crippen molar-refractivity contribution in [2.45, 2.75) is 68.7 Å². The molecule has 16 rings (SSSR count). The lowest BCUT2D eigenvalue weighted by atomic mass is 10.0. The standard InChI is InChI=1S/C26H27N3O8S.C24H22BrN3O6S.C22H19Cl2N3O6S2.C22H21N3O6S2/c1-29(18-9-11-21-23(14-18)37-16-36-21)25(30)20(13-17-7-5-4-6-8-17)27-26(31)28-38(32,33)24-15-19(34-2)10-12-22(24)35-3;1-28(17-11-12-20-21(14-17)34-15-33-20)23(29)19(13-16-7-3-2-4-8-16)26-24(30)27-35(31,32)22-10-6-5-9-18(22)25;1-27(14-7-8-16-17(10-14)33-12-32-16)21(28)15(9-13-5-3-2-4-6-13)25-22(29)26-35(30,31)18-11-19(23)34-20(18)24;1-25(16-9-10-18-19(13-16)31-14-30-18)21(26)17(12-15-6-3-2-4-7-15)23-22(27)24-33(28,29)20-8-5-11-32-20/h4-12,14-15,20H,13,16H2,1-3H3,(H2,27,28,31);2-12,14,19H,13,15H2,1H3,(H2,26,27,30);2-8,10-11,15H,9,12H2,1H3,(H2,25,26,29);2-11,13,17H,12,14H2,1H3,(H2,23,24,27)/t20-;19-;15-;17-/m0000/s1. The Hall–Kier alpha value is -14.6. The number of carbonyl (C=O) groups is 8. The van der Waals surface area contributed by atoms with Crippen molar-refractivity contribution in [1.29, 1.82) is 0 Å². The van der Waals surface area contributed by atoms with Crippen LogP contribution in [0, 0.1) is 0 Å². The molecule has 0 fully saturated rings. The van der Waals surface area contributed by atoms with Crippen LogP contribution >= 0.6 is 61.8 Å². The fraction of sp³-hybridized carbons (Fsp3) is 0.191. The normalized spacial score (nSPS) is 13.1. The molecule has 4 aliphatic rings.